The summed E-state index contributed by atoms with van der Waals surface area (Å²) in [5, 5.41) is 8.69. The predicted molar refractivity (Wildman–Crippen MR) is 81.9 cm³/mol. The first-order valence-electron chi connectivity index (χ1n) is 6.74. The summed E-state index contributed by atoms with van der Waals surface area (Å²) in [6.07, 6.45) is -0.205. The van der Waals surface area contributed by atoms with Crippen LogP contribution in [0.4, 0.5) is 0 Å². The zero-order chi connectivity index (χ0) is 15.6. The van der Waals surface area contributed by atoms with Gasteiger partial charge < -0.3 is 14.4 Å². The molecular formula is C18H14N2O2. The second-order valence-electron chi connectivity index (χ2n) is 4.48. The number of nitrogens with zero attached hydrogens (tertiary/aromatic N) is 2. The molecule has 0 saturated carbocycles. The van der Waals surface area contributed by atoms with Gasteiger partial charge in [0.1, 0.15) is 0 Å². The molecule has 0 aliphatic carbocycles. The third kappa shape index (κ3) is 5.24. The highest BCUT2D eigenvalue weighted by Gasteiger charge is 2.16. The highest BCUT2D eigenvalue weighted by Crippen LogP contribution is 2.04. The minimum Gasteiger partial charge on any atom is -0.348 e. The average Bonchev–Trinajstić information content (AvgIpc) is 3.04. The van der Waals surface area contributed by atoms with Gasteiger partial charge in [-0.15, -0.1) is 0 Å². The van der Waals surface area contributed by atoms with E-state index in [9.17, 15) is 0 Å². The van der Waals surface area contributed by atoms with Gasteiger partial charge in [0.15, 0.2) is 6.29 Å². The van der Waals surface area contributed by atoms with Crippen LogP contribution in [0.15, 0.2) is 24.3 Å². The molecule has 0 bridgehead atoms. The number of nitriles is 1. The first-order valence-corrected chi connectivity index (χ1v) is 6.74. The molecule has 22 heavy (non-hydrogen) atoms. The summed E-state index contributed by atoms with van der Waals surface area (Å²) in [6.45, 7) is 1.86. The van der Waals surface area contributed by atoms with Crippen molar-refractivity contribution in [3.05, 3.63) is 35.4 Å². The molecule has 0 unspecified atom stereocenters. The highest BCUT2D eigenvalue weighted by atomic mass is 16.7. The Kier molecular flexibility index (Phi) is 5.92. The van der Waals surface area contributed by atoms with Crippen molar-refractivity contribution in [1.82, 2.24) is 4.90 Å². The van der Waals surface area contributed by atoms with E-state index in [0.29, 0.717) is 25.3 Å². The standard InChI is InChI=1S/C18H14N2O2/c1-20(15-18-21-12-13-22-18)11-5-3-2-4-6-16-7-9-17(14-19)10-8-16/h7-10,18H,12-13,15H2,1H3. The van der Waals surface area contributed by atoms with E-state index >= 15 is 0 Å². The summed E-state index contributed by atoms with van der Waals surface area (Å²) in [5.74, 6) is 13.7. The molecule has 1 aromatic carbocycles. The summed E-state index contributed by atoms with van der Waals surface area (Å²) in [5.41, 5.74) is 1.43. The normalized spacial score (nSPS) is 12.7. The van der Waals surface area contributed by atoms with Crippen molar-refractivity contribution in [2.24, 2.45) is 0 Å². The average molecular weight is 290 g/mol. The maximum atomic E-state index is 8.69. The molecule has 0 N–H and O–H groups in total. The van der Waals surface area contributed by atoms with Crippen LogP contribution in [0.5, 0.6) is 0 Å². The van der Waals surface area contributed by atoms with Gasteiger partial charge in [-0.2, -0.15) is 5.26 Å². The van der Waals surface area contributed by atoms with E-state index in [2.05, 4.69) is 41.7 Å². The number of rotatable bonds is 2. The predicted octanol–water partition coefficient (Wildman–Crippen LogP) is 1.18. The summed E-state index contributed by atoms with van der Waals surface area (Å²) in [7, 11) is 1.85. The van der Waals surface area contributed by atoms with E-state index in [1.54, 1.807) is 29.2 Å². The van der Waals surface area contributed by atoms with Crippen molar-refractivity contribution in [2.45, 2.75) is 6.29 Å². The lowest BCUT2D eigenvalue weighted by Gasteiger charge is -2.14. The van der Waals surface area contributed by atoms with Crippen molar-refractivity contribution >= 4 is 0 Å². The zero-order valence-corrected chi connectivity index (χ0v) is 12.2. The Morgan fingerprint density at radius 3 is 2.36 bits per heavy atom. The molecule has 4 heteroatoms. The van der Waals surface area contributed by atoms with Gasteiger partial charge in [-0.05, 0) is 36.1 Å². The van der Waals surface area contributed by atoms with Gasteiger partial charge in [0.25, 0.3) is 0 Å². The Bertz CT molecular complexity index is 721. The number of hydrogen-bond acceptors (Lipinski definition) is 4. The number of hydrogen-bond donors (Lipinski definition) is 0. The maximum absolute atomic E-state index is 8.69. The summed E-state index contributed by atoms with van der Waals surface area (Å²) < 4.78 is 10.6. The fourth-order valence-corrected chi connectivity index (χ4v) is 1.70. The molecule has 1 heterocycles. The third-order valence-corrected chi connectivity index (χ3v) is 2.77. The van der Waals surface area contributed by atoms with Gasteiger partial charge in [-0.25, -0.2) is 0 Å². The maximum Gasteiger partial charge on any atom is 0.175 e. The Morgan fingerprint density at radius 2 is 1.68 bits per heavy atom. The lowest BCUT2D eigenvalue weighted by molar-refractivity contribution is -0.0510. The first-order chi connectivity index (χ1) is 10.8. The van der Waals surface area contributed by atoms with Gasteiger partial charge in [-0.3, -0.25) is 0 Å². The molecule has 108 valence electrons. The van der Waals surface area contributed by atoms with Crippen LogP contribution in [0.2, 0.25) is 0 Å². The smallest absolute Gasteiger partial charge is 0.175 e. The molecule has 0 atom stereocenters. The monoisotopic (exact) mass is 290 g/mol. The molecule has 0 spiro atoms. The van der Waals surface area contributed by atoms with Crippen LogP contribution in [-0.4, -0.2) is 38.0 Å². The SMILES string of the molecule is CN(C#CC#CC#Cc1ccc(C#N)cc1)CC1OCCO1. The van der Waals surface area contributed by atoms with Crippen LogP contribution in [0.25, 0.3) is 0 Å². The lowest BCUT2D eigenvalue weighted by atomic mass is 10.1. The Hall–Kier alpha value is -2.89. The van der Waals surface area contributed by atoms with Crippen LogP contribution in [-0.2, 0) is 9.47 Å². The molecule has 0 aromatic heterocycles. The molecular weight excluding hydrogens is 276 g/mol. The van der Waals surface area contributed by atoms with Crippen molar-refractivity contribution in [1.29, 1.82) is 5.26 Å². The van der Waals surface area contributed by atoms with Crippen molar-refractivity contribution in [2.75, 3.05) is 26.8 Å². The molecule has 4 nitrogen and oxygen atoms in total. The zero-order valence-electron chi connectivity index (χ0n) is 12.2. The Balaban J connectivity index is 1.82. The first kappa shape index (κ1) is 15.5. The van der Waals surface area contributed by atoms with Crippen LogP contribution in [0.1, 0.15) is 11.1 Å². The van der Waals surface area contributed by atoms with E-state index in [4.69, 9.17) is 14.7 Å². The Labute approximate surface area is 130 Å². The third-order valence-electron chi connectivity index (χ3n) is 2.77. The van der Waals surface area contributed by atoms with Crippen LogP contribution >= 0.6 is 0 Å². The fourth-order valence-electron chi connectivity index (χ4n) is 1.70. The van der Waals surface area contributed by atoms with Crippen LogP contribution in [0, 0.1) is 47.0 Å². The minimum atomic E-state index is -0.205. The molecule has 2 rings (SSSR count). The second kappa shape index (κ2) is 8.41. The molecule has 1 aliphatic heterocycles. The largest absolute Gasteiger partial charge is 0.348 e. The molecule has 1 fully saturated rings. The quantitative estimate of drug-likeness (QED) is 0.606. The van der Waals surface area contributed by atoms with E-state index in [1.165, 1.54) is 0 Å². The van der Waals surface area contributed by atoms with Crippen LogP contribution in [0.3, 0.4) is 0 Å². The highest BCUT2D eigenvalue weighted by molar-refractivity contribution is 5.44. The van der Waals surface area contributed by atoms with E-state index in [1.807, 2.05) is 7.05 Å². The second-order valence-corrected chi connectivity index (χ2v) is 4.48. The topological polar surface area (TPSA) is 45.5 Å². The van der Waals surface area contributed by atoms with Gasteiger partial charge in [0.05, 0.1) is 31.4 Å². The molecule has 0 amide bonds. The molecule has 0 radical (unpaired) electrons. The van der Waals surface area contributed by atoms with Gasteiger partial charge >= 0.3 is 0 Å². The minimum absolute atomic E-state index is 0.205. The number of ether oxygens (including phenoxy) is 2. The van der Waals surface area contributed by atoms with Gasteiger partial charge in [-0.1, -0.05) is 5.92 Å². The van der Waals surface area contributed by atoms with Gasteiger partial charge in [0.2, 0.25) is 0 Å². The molecule has 1 aromatic rings. The van der Waals surface area contributed by atoms with Gasteiger partial charge in [0, 0.05) is 30.5 Å². The fraction of sp³-hybridized carbons (Fsp3) is 0.278. The summed E-state index contributed by atoms with van der Waals surface area (Å²) in [4.78, 5) is 1.78. The summed E-state index contributed by atoms with van der Waals surface area (Å²) in [6, 6.07) is 11.9. The van der Waals surface area contributed by atoms with Crippen molar-refractivity contribution in [3.8, 4) is 41.7 Å². The Morgan fingerprint density at radius 1 is 1.05 bits per heavy atom. The number of benzene rings is 1. The van der Waals surface area contributed by atoms with E-state index in [0.717, 1.165) is 5.56 Å². The number of likely N-dealkylation sites (N-methyl/N-ethyl adjacent to an activating group) is 1. The molecule has 1 saturated heterocycles. The van der Waals surface area contributed by atoms with Crippen LogP contribution < -0.4 is 0 Å². The van der Waals surface area contributed by atoms with E-state index < -0.39 is 0 Å². The van der Waals surface area contributed by atoms with E-state index in [-0.39, 0.29) is 6.29 Å². The van der Waals surface area contributed by atoms with Crippen molar-refractivity contribution < 1.29 is 9.47 Å². The van der Waals surface area contributed by atoms with Crippen molar-refractivity contribution in [3.63, 3.8) is 0 Å². The molecule has 1 aliphatic rings. The summed E-state index contributed by atoms with van der Waals surface area (Å²) >= 11 is 0. The lowest BCUT2D eigenvalue weighted by Crippen LogP contribution is -2.26.